The maximum atomic E-state index is 12.2. The summed E-state index contributed by atoms with van der Waals surface area (Å²) >= 11 is 0. The minimum Gasteiger partial charge on any atom is -0.393 e. The number of ether oxygens (including phenoxy) is 2. The molecule has 4 aliphatic carbocycles. The molecule has 13 atom stereocenters. The maximum Gasteiger partial charge on any atom is 0.198 e. The SMILES string of the molecule is C[C@H]1C[C@@]2(O[C@H]3CC4C5CCC6C[C@H](O)CC[C@]6(C)C5[C@@H](O)C[C@]4(C)C3[C@@]2(C)O)OC1(C)C. The van der Waals surface area contributed by atoms with Crippen LogP contribution in [0.2, 0.25) is 0 Å². The summed E-state index contributed by atoms with van der Waals surface area (Å²) in [6.07, 6.45) is 6.94. The van der Waals surface area contributed by atoms with E-state index in [2.05, 4.69) is 34.6 Å². The Bertz CT molecular complexity index is 825. The molecule has 188 valence electrons. The predicted molar refractivity (Wildman–Crippen MR) is 125 cm³/mol. The Morgan fingerprint density at radius 2 is 1.61 bits per heavy atom. The fourth-order valence-corrected chi connectivity index (χ4v) is 10.7. The number of hydrogen-bond donors (Lipinski definition) is 3. The van der Waals surface area contributed by atoms with E-state index in [1.54, 1.807) is 0 Å². The van der Waals surface area contributed by atoms with Crippen LogP contribution in [-0.4, -0.2) is 50.6 Å². The van der Waals surface area contributed by atoms with Crippen LogP contribution in [0.25, 0.3) is 0 Å². The quantitative estimate of drug-likeness (QED) is 0.501. The van der Waals surface area contributed by atoms with Gasteiger partial charge in [-0.25, -0.2) is 0 Å². The molecule has 0 aromatic carbocycles. The van der Waals surface area contributed by atoms with Gasteiger partial charge in [-0.15, -0.1) is 0 Å². The molecule has 4 saturated carbocycles. The molecular weight excluding hydrogens is 416 g/mol. The van der Waals surface area contributed by atoms with Crippen molar-refractivity contribution in [3.8, 4) is 0 Å². The highest BCUT2D eigenvalue weighted by molar-refractivity contribution is 5.22. The molecule has 1 spiro atoms. The molecule has 6 aliphatic rings. The molecule has 6 rings (SSSR count). The summed E-state index contributed by atoms with van der Waals surface area (Å²) in [7, 11) is 0. The van der Waals surface area contributed by atoms with E-state index < -0.39 is 11.4 Å². The predicted octanol–water partition coefficient (Wildman–Crippen LogP) is 4.27. The summed E-state index contributed by atoms with van der Waals surface area (Å²) in [4.78, 5) is 0. The van der Waals surface area contributed by atoms with Crippen LogP contribution in [0.1, 0.15) is 92.9 Å². The van der Waals surface area contributed by atoms with Crippen molar-refractivity contribution >= 4 is 0 Å². The molecule has 6 fully saturated rings. The van der Waals surface area contributed by atoms with Gasteiger partial charge >= 0.3 is 0 Å². The first-order chi connectivity index (χ1) is 15.3. The van der Waals surface area contributed by atoms with Crippen molar-refractivity contribution in [2.45, 2.75) is 128 Å². The van der Waals surface area contributed by atoms with E-state index in [1.807, 2.05) is 6.92 Å². The number of aliphatic hydroxyl groups is 3. The number of hydrogen-bond acceptors (Lipinski definition) is 5. The molecule has 0 bridgehead atoms. The molecule has 2 saturated heterocycles. The van der Waals surface area contributed by atoms with Gasteiger partial charge in [-0.2, -0.15) is 0 Å². The van der Waals surface area contributed by atoms with E-state index in [1.165, 1.54) is 0 Å². The van der Waals surface area contributed by atoms with Gasteiger partial charge in [0.25, 0.3) is 0 Å². The average Bonchev–Trinajstić information content (AvgIpc) is 3.20. The van der Waals surface area contributed by atoms with Gasteiger partial charge in [0.1, 0.15) is 5.60 Å². The highest BCUT2D eigenvalue weighted by Gasteiger charge is 2.77. The minimum absolute atomic E-state index is 0.0132. The van der Waals surface area contributed by atoms with Crippen molar-refractivity contribution in [3.05, 3.63) is 0 Å². The third kappa shape index (κ3) is 2.78. The first-order valence-corrected chi connectivity index (χ1v) is 13.7. The third-order valence-corrected chi connectivity index (χ3v) is 12.5. The molecule has 5 nitrogen and oxygen atoms in total. The number of rotatable bonds is 0. The Morgan fingerprint density at radius 1 is 0.879 bits per heavy atom. The molecule has 3 N–H and O–H groups in total. The first kappa shape index (κ1) is 23.2. The van der Waals surface area contributed by atoms with E-state index in [0.717, 1.165) is 51.4 Å². The average molecular weight is 463 g/mol. The Morgan fingerprint density at radius 3 is 2.27 bits per heavy atom. The summed E-state index contributed by atoms with van der Waals surface area (Å²) in [5.41, 5.74) is -1.45. The van der Waals surface area contributed by atoms with Crippen molar-refractivity contribution in [1.29, 1.82) is 0 Å². The largest absolute Gasteiger partial charge is 0.393 e. The lowest BCUT2D eigenvalue weighted by atomic mass is 9.43. The fourth-order valence-electron chi connectivity index (χ4n) is 10.7. The zero-order valence-electron chi connectivity index (χ0n) is 21.5. The number of aliphatic hydroxyl groups excluding tert-OH is 2. The van der Waals surface area contributed by atoms with Crippen molar-refractivity contribution < 1.29 is 24.8 Å². The van der Waals surface area contributed by atoms with Crippen molar-refractivity contribution in [2.75, 3.05) is 0 Å². The van der Waals surface area contributed by atoms with E-state index in [-0.39, 0.29) is 40.7 Å². The third-order valence-electron chi connectivity index (χ3n) is 12.5. The standard InChI is InChI=1S/C28H46O5/c1-15-13-28(33-24(15,2)3)27(6,31)23-21(32-28)12-19-18-8-7-16-11-17(29)9-10-25(16,4)22(18)20(30)14-26(19,23)5/h15-23,29-31H,7-14H2,1-6H3/t15-,16?,17+,18?,19?,20-,21-,22?,23?,25-,26-,27+,28+/m0/s1. The normalized spacial score (nSPS) is 63.7. The van der Waals surface area contributed by atoms with Gasteiger partial charge in [-0.1, -0.05) is 20.8 Å². The van der Waals surface area contributed by atoms with Crippen molar-refractivity contribution in [1.82, 2.24) is 0 Å². The summed E-state index contributed by atoms with van der Waals surface area (Å²) < 4.78 is 13.3. The minimum atomic E-state index is -1.08. The lowest BCUT2D eigenvalue weighted by Crippen LogP contribution is -2.62. The van der Waals surface area contributed by atoms with Gasteiger partial charge in [0.05, 0.1) is 23.9 Å². The van der Waals surface area contributed by atoms with Crippen LogP contribution in [0.3, 0.4) is 0 Å². The maximum absolute atomic E-state index is 12.2. The molecule has 5 heteroatoms. The Balaban J connectivity index is 1.34. The zero-order valence-corrected chi connectivity index (χ0v) is 21.5. The molecule has 0 radical (unpaired) electrons. The number of fused-ring (bicyclic) bond motifs is 7. The summed E-state index contributed by atoms with van der Waals surface area (Å²) in [5.74, 6) is 1.08. The highest BCUT2D eigenvalue weighted by atomic mass is 16.7. The van der Waals surface area contributed by atoms with E-state index in [9.17, 15) is 15.3 Å². The molecule has 0 amide bonds. The molecule has 0 aromatic rings. The molecule has 5 unspecified atom stereocenters. The lowest BCUT2D eigenvalue weighted by molar-refractivity contribution is -0.300. The van der Waals surface area contributed by atoms with Crippen LogP contribution in [-0.2, 0) is 9.47 Å². The second-order valence-electron chi connectivity index (χ2n) is 14.4. The van der Waals surface area contributed by atoms with Gasteiger partial charge in [0, 0.05) is 12.3 Å². The zero-order chi connectivity index (χ0) is 23.8. The molecule has 0 aromatic heterocycles. The van der Waals surface area contributed by atoms with E-state index >= 15 is 0 Å². The van der Waals surface area contributed by atoms with Crippen LogP contribution in [0.5, 0.6) is 0 Å². The fraction of sp³-hybridized carbons (Fsp3) is 1.00. The monoisotopic (exact) mass is 462 g/mol. The van der Waals surface area contributed by atoms with Crippen molar-refractivity contribution in [2.24, 2.45) is 46.3 Å². The summed E-state index contributed by atoms with van der Waals surface area (Å²) in [6.45, 7) is 13.1. The van der Waals surface area contributed by atoms with E-state index in [4.69, 9.17) is 9.47 Å². The van der Waals surface area contributed by atoms with Crippen LogP contribution >= 0.6 is 0 Å². The van der Waals surface area contributed by atoms with Crippen LogP contribution in [0, 0.1) is 46.3 Å². The first-order valence-electron chi connectivity index (χ1n) is 13.7. The van der Waals surface area contributed by atoms with Crippen LogP contribution < -0.4 is 0 Å². The summed E-state index contributed by atoms with van der Waals surface area (Å²) in [5, 5.41) is 34.2. The molecule has 33 heavy (non-hydrogen) atoms. The Kier molecular flexibility index (Phi) is 4.76. The molecule has 2 aliphatic heterocycles. The van der Waals surface area contributed by atoms with Gasteiger partial charge in [-0.3, -0.25) is 0 Å². The van der Waals surface area contributed by atoms with Crippen molar-refractivity contribution in [3.63, 3.8) is 0 Å². The van der Waals surface area contributed by atoms with Gasteiger partial charge in [0.15, 0.2) is 5.79 Å². The van der Waals surface area contributed by atoms with E-state index in [0.29, 0.717) is 29.6 Å². The summed E-state index contributed by atoms with van der Waals surface area (Å²) in [6, 6.07) is 0. The lowest BCUT2D eigenvalue weighted by Gasteiger charge is -2.63. The Hall–Kier alpha value is -0.200. The van der Waals surface area contributed by atoms with Gasteiger partial charge in [0.2, 0.25) is 0 Å². The van der Waals surface area contributed by atoms with Gasteiger partial charge < -0.3 is 24.8 Å². The molecular formula is C28H46O5. The molecule has 2 heterocycles. The topological polar surface area (TPSA) is 79.2 Å². The second kappa shape index (κ2) is 6.76. The second-order valence-corrected chi connectivity index (χ2v) is 14.4. The van der Waals surface area contributed by atoms with Gasteiger partial charge in [-0.05, 0) is 106 Å². The van der Waals surface area contributed by atoms with Crippen LogP contribution in [0.4, 0.5) is 0 Å². The van der Waals surface area contributed by atoms with Crippen LogP contribution in [0.15, 0.2) is 0 Å². The Labute approximate surface area is 199 Å². The smallest absolute Gasteiger partial charge is 0.198 e. The highest BCUT2D eigenvalue weighted by Crippen LogP contribution is 2.72.